The van der Waals surface area contributed by atoms with Crippen LogP contribution in [0.5, 0.6) is 0 Å². The van der Waals surface area contributed by atoms with Crippen molar-refractivity contribution < 1.29 is 4.79 Å². The summed E-state index contributed by atoms with van der Waals surface area (Å²) in [5.41, 5.74) is 6.12. The van der Waals surface area contributed by atoms with Crippen LogP contribution in [0, 0.1) is 5.92 Å². The van der Waals surface area contributed by atoms with E-state index >= 15 is 0 Å². The summed E-state index contributed by atoms with van der Waals surface area (Å²) < 4.78 is 0. The van der Waals surface area contributed by atoms with E-state index in [9.17, 15) is 4.79 Å². The molecule has 1 aromatic carbocycles. The first-order chi connectivity index (χ1) is 6.84. The van der Waals surface area contributed by atoms with E-state index in [0.29, 0.717) is 12.3 Å². The predicted molar refractivity (Wildman–Crippen MR) is 52.9 cm³/mol. The molecule has 1 aliphatic carbocycles. The minimum absolute atomic E-state index is 0.0338. The van der Waals surface area contributed by atoms with Gasteiger partial charge in [0.2, 0.25) is 5.91 Å². The van der Waals surface area contributed by atoms with Gasteiger partial charge >= 0.3 is 0 Å². The number of rotatable bonds is 0. The van der Waals surface area contributed by atoms with Crippen molar-refractivity contribution in [3.05, 3.63) is 35.4 Å². The Kier molecular flexibility index (Phi) is 1.48. The zero-order valence-electron chi connectivity index (χ0n) is 7.66. The van der Waals surface area contributed by atoms with Gasteiger partial charge in [0.15, 0.2) is 0 Å². The third-order valence-corrected chi connectivity index (χ3v) is 2.88. The van der Waals surface area contributed by atoms with Gasteiger partial charge in [-0.15, -0.1) is 0 Å². The second-order valence-corrected chi connectivity index (χ2v) is 3.79. The average Bonchev–Trinajstić information content (AvgIpc) is 2.54. The lowest BCUT2D eigenvalue weighted by Crippen LogP contribution is -2.31. The van der Waals surface area contributed by atoms with Crippen LogP contribution in [0.4, 0.5) is 0 Å². The molecular weight excluding hydrogens is 176 g/mol. The molecule has 1 atom stereocenters. The Hall–Kier alpha value is -1.64. The Morgan fingerprint density at radius 3 is 3.07 bits per heavy atom. The number of nitrogens with zero attached hydrogens (tertiary/aromatic N) is 1. The molecule has 0 fully saturated rings. The van der Waals surface area contributed by atoms with Crippen molar-refractivity contribution in [3.63, 3.8) is 0 Å². The van der Waals surface area contributed by atoms with Gasteiger partial charge in [-0.3, -0.25) is 4.79 Å². The highest BCUT2D eigenvalue weighted by molar-refractivity contribution is 6.09. The topological polar surface area (TPSA) is 41.5 Å². The quantitative estimate of drug-likeness (QED) is 0.647. The maximum atomic E-state index is 11.1. The molecule has 1 amide bonds. The molecule has 1 N–H and O–H groups in total. The molecule has 3 nitrogen and oxygen atoms in total. The molecule has 0 saturated carbocycles. The number of carbonyl (C=O) groups is 1. The zero-order chi connectivity index (χ0) is 9.54. The second-order valence-electron chi connectivity index (χ2n) is 3.79. The van der Waals surface area contributed by atoms with Crippen LogP contribution in [-0.2, 0) is 11.2 Å². The summed E-state index contributed by atoms with van der Waals surface area (Å²) in [6.07, 6.45) is 1.54. The first-order valence-electron chi connectivity index (χ1n) is 4.79. The van der Waals surface area contributed by atoms with Crippen molar-refractivity contribution in [1.29, 1.82) is 0 Å². The third-order valence-electron chi connectivity index (χ3n) is 2.88. The first-order valence-corrected chi connectivity index (χ1v) is 4.79. The van der Waals surface area contributed by atoms with E-state index in [0.717, 1.165) is 12.1 Å². The molecule has 1 heterocycles. The number of hydrogen-bond acceptors (Lipinski definition) is 2. The SMILES string of the molecule is O=C1C[C@H]2Cc3ccccc3C2=NN1. The highest BCUT2D eigenvalue weighted by Gasteiger charge is 2.32. The summed E-state index contributed by atoms with van der Waals surface area (Å²) in [6, 6.07) is 8.23. The second kappa shape index (κ2) is 2.67. The van der Waals surface area contributed by atoms with Crippen molar-refractivity contribution in [2.75, 3.05) is 0 Å². The van der Waals surface area contributed by atoms with Crippen LogP contribution >= 0.6 is 0 Å². The molecule has 0 bridgehead atoms. The van der Waals surface area contributed by atoms with Gasteiger partial charge in [0.25, 0.3) is 0 Å². The average molecular weight is 186 g/mol. The molecule has 2 aliphatic rings. The van der Waals surface area contributed by atoms with Gasteiger partial charge in [-0.2, -0.15) is 5.10 Å². The van der Waals surface area contributed by atoms with Crippen LogP contribution in [0.1, 0.15) is 17.5 Å². The molecule has 0 aromatic heterocycles. The van der Waals surface area contributed by atoms with E-state index < -0.39 is 0 Å². The maximum absolute atomic E-state index is 11.1. The molecule has 70 valence electrons. The molecule has 14 heavy (non-hydrogen) atoms. The van der Waals surface area contributed by atoms with Crippen LogP contribution in [0.3, 0.4) is 0 Å². The summed E-state index contributed by atoms with van der Waals surface area (Å²) >= 11 is 0. The van der Waals surface area contributed by atoms with Crippen molar-refractivity contribution in [1.82, 2.24) is 5.43 Å². The van der Waals surface area contributed by atoms with E-state index in [2.05, 4.69) is 22.7 Å². The maximum Gasteiger partial charge on any atom is 0.240 e. The molecule has 0 unspecified atom stereocenters. The smallest absolute Gasteiger partial charge is 0.240 e. The lowest BCUT2D eigenvalue weighted by Gasteiger charge is -2.15. The Labute approximate surface area is 81.8 Å². The highest BCUT2D eigenvalue weighted by atomic mass is 16.2. The van der Waals surface area contributed by atoms with Gasteiger partial charge in [-0.05, 0) is 12.0 Å². The van der Waals surface area contributed by atoms with E-state index in [1.54, 1.807) is 0 Å². The number of hydrogen-bond donors (Lipinski definition) is 1. The molecule has 1 aromatic rings. The summed E-state index contributed by atoms with van der Waals surface area (Å²) in [5.74, 6) is 0.340. The third kappa shape index (κ3) is 0.985. The van der Waals surface area contributed by atoms with Crippen molar-refractivity contribution in [2.45, 2.75) is 12.8 Å². The Morgan fingerprint density at radius 1 is 1.29 bits per heavy atom. The number of amides is 1. The van der Waals surface area contributed by atoms with Crippen LogP contribution in [-0.4, -0.2) is 11.6 Å². The van der Waals surface area contributed by atoms with Crippen molar-refractivity contribution in [3.8, 4) is 0 Å². The fourth-order valence-electron chi connectivity index (χ4n) is 2.24. The highest BCUT2D eigenvalue weighted by Crippen LogP contribution is 2.30. The molecule has 1 aliphatic heterocycles. The number of hydrazone groups is 1. The van der Waals surface area contributed by atoms with Gasteiger partial charge in [0.1, 0.15) is 0 Å². The van der Waals surface area contributed by atoms with Gasteiger partial charge < -0.3 is 0 Å². The van der Waals surface area contributed by atoms with Crippen molar-refractivity contribution >= 4 is 11.6 Å². The first kappa shape index (κ1) is 7.74. The minimum atomic E-state index is 0.0338. The van der Waals surface area contributed by atoms with Gasteiger partial charge in [0.05, 0.1) is 5.71 Å². The van der Waals surface area contributed by atoms with Crippen LogP contribution < -0.4 is 5.43 Å². The molecular formula is C11H10N2O. The predicted octanol–water partition coefficient (Wildman–Crippen LogP) is 1.08. The summed E-state index contributed by atoms with van der Waals surface area (Å²) in [6.45, 7) is 0. The van der Waals surface area contributed by atoms with E-state index in [4.69, 9.17) is 0 Å². The number of carbonyl (C=O) groups excluding carboxylic acids is 1. The van der Waals surface area contributed by atoms with Gasteiger partial charge in [0, 0.05) is 17.9 Å². The summed E-state index contributed by atoms with van der Waals surface area (Å²) in [4.78, 5) is 11.1. The fourth-order valence-corrected chi connectivity index (χ4v) is 2.24. The lowest BCUT2D eigenvalue weighted by molar-refractivity contribution is -0.121. The number of nitrogens with one attached hydrogen (secondary N) is 1. The zero-order valence-corrected chi connectivity index (χ0v) is 7.66. The lowest BCUT2D eigenvalue weighted by atomic mass is 9.99. The van der Waals surface area contributed by atoms with Crippen LogP contribution in [0.25, 0.3) is 0 Å². The van der Waals surface area contributed by atoms with E-state index in [1.165, 1.54) is 11.1 Å². The fraction of sp³-hybridized carbons (Fsp3) is 0.273. The number of benzene rings is 1. The standard InChI is InChI=1S/C11H10N2O/c14-10-6-8-5-7-3-1-2-4-9(7)11(8)13-12-10/h1-4,8H,5-6H2,(H,12,14)/t8-/m1/s1. The normalized spacial score (nSPS) is 23.6. The molecule has 3 heteroatoms. The van der Waals surface area contributed by atoms with E-state index in [-0.39, 0.29) is 5.91 Å². The molecule has 0 spiro atoms. The largest absolute Gasteiger partial charge is 0.273 e. The monoisotopic (exact) mass is 186 g/mol. The molecule has 0 saturated heterocycles. The molecule has 3 rings (SSSR count). The van der Waals surface area contributed by atoms with Crippen LogP contribution in [0.15, 0.2) is 29.4 Å². The molecule has 0 radical (unpaired) electrons. The Morgan fingerprint density at radius 2 is 2.14 bits per heavy atom. The van der Waals surface area contributed by atoms with Crippen LogP contribution in [0.2, 0.25) is 0 Å². The summed E-state index contributed by atoms with van der Waals surface area (Å²) in [5, 5.41) is 4.13. The summed E-state index contributed by atoms with van der Waals surface area (Å²) in [7, 11) is 0. The Balaban J connectivity index is 2.10. The van der Waals surface area contributed by atoms with Gasteiger partial charge in [-0.25, -0.2) is 5.43 Å². The van der Waals surface area contributed by atoms with Gasteiger partial charge in [-0.1, -0.05) is 24.3 Å². The minimum Gasteiger partial charge on any atom is -0.273 e. The van der Waals surface area contributed by atoms with Crippen molar-refractivity contribution in [2.24, 2.45) is 11.0 Å². The van der Waals surface area contributed by atoms with E-state index in [1.807, 2.05) is 12.1 Å². The Bertz CT molecular complexity index is 437. The number of fused-ring (bicyclic) bond motifs is 3.